The van der Waals surface area contributed by atoms with Crippen molar-refractivity contribution in [2.24, 2.45) is 10.7 Å². The summed E-state index contributed by atoms with van der Waals surface area (Å²) < 4.78 is 34.8. The van der Waals surface area contributed by atoms with Gasteiger partial charge in [-0.15, -0.1) is 0 Å². The molecule has 4 heterocycles. The van der Waals surface area contributed by atoms with Crippen molar-refractivity contribution in [2.75, 3.05) is 13.7 Å². The number of fused-ring (bicyclic) bond motifs is 1. The smallest absolute Gasteiger partial charge is 0.335 e. The van der Waals surface area contributed by atoms with Gasteiger partial charge in [-0.25, -0.2) is 15.0 Å². The predicted octanol–water partition coefficient (Wildman–Crippen LogP) is 4.89. The zero-order chi connectivity index (χ0) is 28.7. The molecule has 2 unspecified atom stereocenters. The summed E-state index contributed by atoms with van der Waals surface area (Å²) in [6.07, 6.45) is 6.57. The summed E-state index contributed by atoms with van der Waals surface area (Å²) in [4.78, 5) is 27.8. The highest BCUT2D eigenvalue weighted by Crippen LogP contribution is 2.36. The molecule has 13 heteroatoms. The molecule has 0 radical (unpaired) electrons. The minimum Gasteiger partial charge on any atom is -0.382 e. The van der Waals surface area contributed by atoms with Gasteiger partial charge in [0.2, 0.25) is 0 Å². The van der Waals surface area contributed by atoms with Gasteiger partial charge in [0, 0.05) is 31.3 Å². The van der Waals surface area contributed by atoms with Crippen molar-refractivity contribution in [3.63, 3.8) is 0 Å². The molecule has 0 fully saturated rings. The first-order valence-corrected chi connectivity index (χ1v) is 12.9. The Balaban J connectivity index is 1.29. The number of aromatic nitrogens is 5. The van der Waals surface area contributed by atoms with Crippen LogP contribution in [0.15, 0.2) is 84.5 Å². The van der Waals surface area contributed by atoms with Gasteiger partial charge in [-0.1, -0.05) is 41.9 Å². The number of methoxy groups -OCH3 is 1. The number of benzene rings is 2. The lowest BCUT2D eigenvalue weighted by Gasteiger charge is -2.28. The van der Waals surface area contributed by atoms with Gasteiger partial charge < -0.3 is 14.9 Å². The van der Waals surface area contributed by atoms with E-state index in [2.05, 4.69) is 20.1 Å². The molecule has 10 nitrogen and oxygen atoms in total. The van der Waals surface area contributed by atoms with E-state index in [0.29, 0.717) is 15.8 Å². The number of ether oxygens (including phenoxy) is 1. The third-order valence-electron chi connectivity index (χ3n) is 6.95. The highest BCUT2D eigenvalue weighted by molar-refractivity contribution is 6.33. The van der Waals surface area contributed by atoms with Crippen LogP contribution >= 0.6 is 11.6 Å². The van der Waals surface area contributed by atoms with Crippen LogP contribution in [0.4, 0.5) is 8.78 Å². The maximum atomic E-state index is 13.7. The van der Waals surface area contributed by atoms with E-state index < -0.39 is 18.6 Å². The van der Waals surface area contributed by atoms with Crippen molar-refractivity contribution in [1.29, 1.82) is 0 Å². The molecule has 0 spiro atoms. The van der Waals surface area contributed by atoms with Gasteiger partial charge in [0.05, 0.1) is 17.7 Å². The van der Waals surface area contributed by atoms with E-state index in [-0.39, 0.29) is 34.9 Å². The van der Waals surface area contributed by atoms with Crippen LogP contribution in [0, 0.1) is 0 Å². The van der Waals surface area contributed by atoms with Crippen LogP contribution in [-0.2, 0) is 9.53 Å². The summed E-state index contributed by atoms with van der Waals surface area (Å²) in [5.41, 5.74) is 10.5. The third kappa shape index (κ3) is 4.81. The Morgan fingerprint density at radius 3 is 2.61 bits per heavy atom. The van der Waals surface area contributed by atoms with Gasteiger partial charge in [-0.05, 0) is 46.5 Å². The number of nitrogens with two attached hydrogens (primary N) is 1. The number of hydrogen-bond donors (Lipinski definition) is 1. The number of halogens is 3. The molecule has 0 aliphatic carbocycles. The highest BCUT2D eigenvalue weighted by atomic mass is 35.5. The van der Waals surface area contributed by atoms with E-state index in [0.717, 1.165) is 23.1 Å². The molecule has 0 bridgehead atoms. The maximum absolute atomic E-state index is 13.7. The van der Waals surface area contributed by atoms with Crippen molar-refractivity contribution in [3.05, 3.63) is 95.7 Å². The Hall–Kier alpha value is -4.68. The molecule has 208 valence electrons. The number of amides is 1. The molecule has 5 aromatic rings. The molecular weight excluding hydrogens is 554 g/mol. The van der Waals surface area contributed by atoms with Gasteiger partial charge >= 0.3 is 6.55 Å². The molecule has 6 rings (SSSR count). The number of aliphatic imine (C=N–C) groups is 1. The first kappa shape index (κ1) is 26.5. The van der Waals surface area contributed by atoms with Gasteiger partial charge in [-0.3, -0.25) is 9.69 Å². The normalized spacial score (nSPS) is 16.1. The van der Waals surface area contributed by atoms with Crippen LogP contribution in [0.5, 0.6) is 0 Å². The number of carbonyl (C=O) groups excluding carboxylic acids is 1. The molecule has 0 saturated carbocycles. The summed E-state index contributed by atoms with van der Waals surface area (Å²) in [6.45, 7) is -2.85. The maximum Gasteiger partial charge on any atom is 0.335 e. The molecule has 41 heavy (non-hydrogen) atoms. The summed E-state index contributed by atoms with van der Waals surface area (Å²) >= 11 is 6.36. The molecule has 1 aliphatic heterocycles. The van der Waals surface area contributed by atoms with Crippen molar-refractivity contribution < 1.29 is 18.3 Å². The van der Waals surface area contributed by atoms with Crippen molar-refractivity contribution >= 4 is 29.1 Å². The Morgan fingerprint density at radius 1 is 1.05 bits per heavy atom. The number of nitrogens with zero attached hydrogens (tertiary/aromatic N) is 7. The first-order chi connectivity index (χ1) is 19.9. The van der Waals surface area contributed by atoms with Crippen LogP contribution < -0.4 is 5.73 Å². The Bertz CT molecular complexity index is 1770. The molecule has 1 aliphatic rings. The Morgan fingerprint density at radius 2 is 1.85 bits per heavy atom. The van der Waals surface area contributed by atoms with Crippen LogP contribution in [0.3, 0.4) is 0 Å². The average molecular weight is 577 g/mol. The lowest BCUT2D eigenvalue weighted by atomic mass is 9.99. The lowest BCUT2D eigenvalue weighted by molar-refractivity contribution is -0.130. The second-order valence-electron chi connectivity index (χ2n) is 9.34. The molecule has 2 N–H and O–H groups in total. The molecule has 3 aromatic heterocycles. The Kier molecular flexibility index (Phi) is 6.93. The lowest BCUT2D eigenvalue weighted by Crippen LogP contribution is -2.42. The standard InChI is InChI=1S/C28H23ClF2N8O2/c1-41-14-22(19-6-7-21(29)20(12-19)25-34-15-35-39(25)27(30)31)38-26(40)24(36-28(38)32)17-4-2-16(3-5-17)18-8-10-37-11-9-33-23(37)13-18/h2-13,15,22,24,27H,14H2,1H3,(H2,32,36). The van der Waals surface area contributed by atoms with Crippen LogP contribution in [0.25, 0.3) is 28.2 Å². The molecule has 2 atom stereocenters. The number of alkyl halides is 2. The van der Waals surface area contributed by atoms with Gasteiger partial charge in [0.25, 0.3) is 5.91 Å². The van der Waals surface area contributed by atoms with E-state index in [9.17, 15) is 13.6 Å². The zero-order valence-corrected chi connectivity index (χ0v) is 22.4. The first-order valence-electron chi connectivity index (χ1n) is 12.5. The second kappa shape index (κ2) is 10.7. The highest BCUT2D eigenvalue weighted by Gasteiger charge is 2.39. The number of imidazole rings is 1. The van der Waals surface area contributed by atoms with Crippen LogP contribution in [0.2, 0.25) is 5.02 Å². The Labute approximate surface area is 237 Å². The summed E-state index contributed by atoms with van der Waals surface area (Å²) in [5.74, 6) is -0.436. The van der Waals surface area contributed by atoms with E-state index in [1.54, 1.807) is 24.4 Å². The fourth-order valence-electron chi connectivity index (χ4n) is 4.96. The number of rotatable bonds is 8. The number of guanidine groups is 1. The monoisotopic (exact) mass is 576 g/mol. The summed E-state index contributed by atoms with van der Waals surface area (Å²) in [6, 6.07) is 14.7. The largest absolute Gasteiger partial charge is 0.382 e. The minimum absolute atomic E-state index is 0.0168. The van der Waals surface area contributed by atoms with E-state index in [1.165, 1.54) is 12.0 Å². The van der Waals surface area contributed by atoms with Crippen molar-refractivity contribution in [2.45, 2.75) is 18.6 Å². The number of hydrogen-bond acceptors (Lipinski definition) is 7. The van der Waals surface area contributed by atoms with E-state index in [4.69, 9.17) is 22.1 Å². The van der Waals surface area contributed by atoms with Crippen molar-refractivity contribution in [3.8, 4) is 22.5 Å². The summed E-state index contributed by atoms with van der Waals surface area (Å²) in [5, 5.41) is 3.78. The molecular formula is C28H23ClF2N8O2. The van der Waals surface area contributed by atoms with Gasteiger partial charge in [0.1, 0.15) is 12.0 Å². The van der Waals surface area contributed by atoms with E-state index in [1.807, 2.05) is 53.2 Å². The number of carbonyl (C=O) groups is 1. The average Bonchev–Trinajstić information content (AvgIpc) is 3.71. The molecule has 0 saturated heterocycles. The zero-order valence-electron chi connectivity index (χ0n) is 21.6. The van der Waals surface area contributed by atoms with Gasteiger partial charge in [0.15, 0.2) is 17.8 Å². The minimum atomic E-state index is -2.91. The topological polar surface area (TPSA) is 116 Å². The summed E-state index contributed by atoms with van der Waals surface area (Å²) in [7, 11) is 1.49. The predicted molar refractivity (Wildman–Crippen MR) is 148 cm³/mol. The van der Waals surface area contributed by atoms with E-state index >= 15 is 0 Å². The fourth-order valence-corrected chi connectivity index (χ4v) is 5.16. The third-order valence-corrected chi connectivity index (χ3v) is 7.28. The SMILES string of the molecule is COCC(c1ccc(Cl)c(-c2ncnn2C(F)F)c1)N1C(=O)C(c2ccc(-c3ccn4ccnc4c3)cc2)N=C1N. The number of pyridine rings is 1. The molecule has 1 amide bonds. The van der Waals surface area contributed by atoms with Crippen molar-refractivity contribution in [1.82, 2.24) is 29.0 Å². The second-order valence-corrected chi connectivity index (χ2v) is 9.75. The fraction of sp³-hybridized carbons (Fsp3) is 0.179. The van der Waals surface area contributed by atoms with Gasteiger partial charge in [-0.2, -0.15) is 18.6 Å². The quantitative estimate of drug-likeness (QED) is 0.281. The molecule has 2 aromatic carbocycles. The van der Waals surface area contributed by atoms with Crippen LogP contribution in [-0.4, -0.2) is 54.6 Å². The van der Waals surface area contributed by atoms with Crippen LogP contribution in [0.1, 0.15) is 29.8 Å².